The van der Waals surface area contributed by atoms with Crippen LogP contribution in [0.2, 0.25) is 0 Å². The molecule has 23 heavy (non-hydrogen) atoms. The number of sulfonamides is 1. The number of rotatable bonds is 7. The van der Waals surface area contributed by atoms with Gasteiger partial charge in [-0.15, -0.1) is 0 Å². The minimum Gasteiger partial charge on any atom is -0.393 e. The van der Waals surface area contributed by atoms with E-state index in [4.69, 9.17) is 0 Å². The lowest BCUT2D eigenvalue weighted by molar-refractivity contribution is 0.0884. The number of aromatic nitrogens is 1. The molecule has 1 aliphatic heterocycles. The van der Waals surface area contributed by atoms with Crippen LogP contribution in [0.5, 0.6) is 0 Å². The summed E-state index contributed by atoms with van der Waals surface area (Å²) < 4.78 is 27.0. The van der Waals surface area contributed by atoms with Crippen molar-refractivity contribution in [3.05, 3.63) is 18.2 Å². The van der Waals surface area contributed by atoms with Crippen molar-refractivity contribution >= 4 is 15.8 Å². The molecular formula is C16H27N3O3S. The Morgan fingerprint density at radius 1 is 1.48 bits per heavy atom. The van der Waals surface area contributed by atoms with Gasteiger partial charge >= 0.3 is 0 Å². The van der Waals surface area contributed by atoms with E-state index in [0.29, 0.717) is 18.9 Å². The van der Waals surface area contributed by atoms with Crippen LogP contribution in [-0.2, 0) is 10.0 Å². The van der Waals surface area contributed by atoms with Crippen LogP contribution in [0.3, 0.4) is 0 Å². The van der Waals surface area contributed by atoms with Crippen LogP contribution in [-0.4, -0.2) is 48.6 Å². The van der Waals surface area contributed by atoms with E-state index in [2.05, 4.69) is 17.2 Å². The molecule has 0 amide bonds. The number of piperidine rings is 1. The Kier molecular flexibility index (Phi) is 6.38. The van der Waals surface area contributed by atoms with Gasteiger partial charge in [-0.25, -0.2) is 13.4 Å². The Morgan fingerprint density at radius 3 is 2.96 bits per heavy atom. The molecule has 0 spiro atoms. The number of hydrogen-bond acceptors (Lipinski definition) is 5. The van der Waals surface area contributed by atoms with Crippen LogP contribution in [0, 0.1) is 5.92 Å². The van der Waals surface area contributed by atoms with Crippen molar-refractivity contribution < 1.29 is 13.5 Å². The van der Waals surface area contributed by atoms with E-state index in [9.17, 15) is 13.5 Å². The van der Waals surface area contributed by atoms with Gasteiger partial charge in [-0.1, -0.05) is 19.4 Å². The van der Waals surface area contributed by atoms with Crippen molar-refractivity contribution in [2.24, 2.45) is 5.92 Å². The summed E-state index contributed by atoms with van der Waals surface area (Å²) in [7, 11) is -3.61. The number of aliphatic hydroxyl groups excluding tert-OH is 1. The van der Waals surface area contributed by atoms with Gasteiger partial charge in [-0.05, 0) is 44.2 Å². The first-order valence-electron chi connectivity index (χ1n) is 8.34. The number of unbranched alkanes of at least 4 members (excludes halogenated alkanes) is 1. The van der Waals surface area contributed by atoms with Gasteiger partial charge in [-0.2, -0.15) is 4.31 Å². The summed E-state index contributed by atoms with van der Waals surface area (Å²) in [6.07, 6.45) is 3.21. The first-order valence-corrected chi connectivity index (χ1v) is 9.78. The molecule has 7 heteroatoms. The van der Waals surface area contributed by atoms with Crippen LogP contribution < -0.4 is 5.32 Å². The fraction of sp³-hybridized carbons (Fsp3) is 0.688. The van der Waals surface area contributed by atoms with E-state index in [1.807, 2.05) is 0 Å². The molecule has 0 bridgehead atoms. The van der Waals surface area contributed by atoms with Gasteiger partial charge in [0.05, 0.1) is 6.10 Å². The lowest BCUT2D eigenvalue weighted by atomic mass is 9.95. The highest BCUT2D eigenvalue weighted by Gasteiger charge is 2.32. The van der Waals surface area contributed by atoms with E-state index in [1.54, 1.807) is 19.1 Å². The van der Waals surface area contributed by atoms with E-state index >= 15 is 0 Å². The van der Waals surface area contributed by atoms with Crippen LogP contribution in [0.4, 0.5) is 5.82 Å². The predicted molar refractivity (Wildman–Crippen MR) is 90.8 cm³/mol. The molecule has 2 atom stereocenters. The molecule has 2 rings (SSSR count). The molecule has 0 aromatic carbocycles. The van der Waals surface area contributed by atoms with Crippen LogP contribution in [0.25, 0.3) is 0 Å². The van der Waals surface area contributed by atoms with Gasteiger partial charge in [0.1, 0.15) is 5.82 Å². The second-order valence-corrected chi connectivity index (χ2v) is 8.03. The minimum absolute atomic E-state index is 0.00983. The zero-order valence-corrected chi connectivity index (χ0v) is 14.7. The molecule has 6 nitrogen and oxygen atoms in total. The number of nitrogens with one attached hydrogen (secondary N) is 1. The number of anilines is 1. The standard InChI is InChI=1S/C16H27N3O3S/c1-3-4-10-17-15-8-5-9-16(18-15)23(21,22)19-11-6-7-14(12-19)13(2)20/h5,8-9,13-14,20H,3-4,6-7,10-12H2,1-2H3,(H,17,18). The van der Waals surface area contributed by atoms with Crippen molar-refractivity contribution in [3.63, 3.8) is 0 Å². The normalized spacial score (nSPS) is 21.1. The Balaban J connectivity index is 2.14. The molecule has 0 radical (unpaired) electrons. The lowest BCUT2D eigenvalue weighted by Gasteiger charge is -2.33. The van der Waals surface area contributed by atoms with Gasteiger partial charge in [-0.3, -0.25) is 0 Å². The molecule has 1 aliphatic rings. The van der Waals surface area contributed by atoms with Crippen LogP contribution in [0.15, 0.2) is 23.2 Å². The quantitative estimate of drug-likeness (QED) is 0.742. The highest BCUT2D eigenvalue weighted by molar-refractivity contribution is 7.89. The highest BCUT2D eigenvalue weighted by Crippen LogP contribution is 2.25. The van der Waals surface area contributed by atoms with Crippen molar-refractivity contribution in [3.8, 4) is 0 Å². The van der Waals surface area contributed by atoms with Crippen LogP contribution in [0.1, 0.15) is 39.5 Å². The third-order valence-electron chi connectivity index (χ3n) is 4.27. The number of hydrogen-bond donors (Lipinski definition) is 2. The summed E-state index contributed by atoms with van der Waals surface area (Å²) in [5.41, 5.74) is 0. The monoisotopic (exact) mass is 341 g/mol. The maximum absolute atomic E-state index is 12.8. The van der Waals surface area contributed by atoms with E-state index < -0.39 is 16.1 Å². The van der Waals surface area contributed by atoms with Gasteiger partial charge < -0.3 is 10.4 Å². The van der Waals surface area contributed by atoms with E-state index in [0.717, 1.165) is 32.2 Å². The Morgan fingerprint density at radius 2 is 2.26 bits per heavy atom. The average Bonchev–Trinajstić information content (AvgIpc) is 2.55. The maximum atomic E-state index is 12.8. The molecule has 1 fully saturated rings. The van der Waals surface area contributed by atoms with Gasteiger partial charge in [0.15, 0.2) is 5.03 Å². The molecule has 1 aromatic heterocycles. The summed E-state index contributed by atoms with van der Waals surface area (Å²) in [6.45, 7) is 5.44. The van der Waals surface area contributed by atoms with Crippen molar-refractivity contribution in [1.29, 1.82) is 0 Å². The summed E-state index contributed by atoms with van der Waals surface area (Å²) >= 11 is 0. The molecule has 2 heterocycles. The summed E-state index contributed by atoms with van der Waals surface area (Å²) in [4.78, 5) is 4.26. The SMILES string of the molecule is CCCCNc1cccc(S(=O)(=O)N2CCCC(C(C)O)C2)n1. The lowest BCUT2D eigenvalue weighted by Crippen LogP contribution is -2.43. The summed E-state index contributed by atoms with van der Waals surface area (Å²) in [6, 6.07) is 5.03. The van der Waals surface area contributed by atoms with Crippen molar-refractivity contribution in [2.75, 3.05) is 25.0 Å². The number of nitrogens with zero attached hydrogens (tertiary/aromatic N) is 2. The predicted octanol–water partition coefficient (Wildman–Crippen LogP) is 2.08. The molecule has 1 aromatic rings. The van der Waals surface area contributed by atoms with Crippen molar-refractivity contribution in [2.45, 2.75) is 50.7 Å². The molecule has 130 valence electrons. The fourth-order valence-electron chi connectivity index (χ4n) is 2.77. The zero-order chi connectivity index (χ0) is 16.9. The molecule has 0 aliphatic carbocycles. The molecule has 0 saturated carbocycles. The molecule has 1 saturated heterocycles. The smallest absolute Gasteiger partial charge is 0.260 e. The Labute approximate surface area is 139 Å². The Hall–Kier alpha value is -1.18. The largest absolute Gasteiger partial charge is 0.393 e. The first kappa shape index (κ1) is 18.2. The van der Waals surface area contributed by atoms with E-state index in [1.165, 1.54) is 10.4 Å². The second-order valence-electron chi connectivity index (χ2n) is 6.15. The summed E-state index contributed by atoms with van der Waals surface area (Å²) in [5, 5.41) is 13.0. The topological polar surface area (TPSA) is 82.5 Å². The summed E-state index contributed by atoms with van der Waals surface area (Å²) in [5.74, 6) is 0.577. The third-order valence-corrected chi connectivity index (χ3v) is 6.03. The molecule has 2 unspecified atom stereocenters. The minimum atomic E-state index is -3.61. The zero-order valence-electron chi connectivity index (χ0n) is 13.9. The average molecular weight is 341 g/mol. The molecular weight excluding hydrogens is 314 g/mol. The fourth-order valence-corrected chi connectivity index (χ4v) is 4.25. The van der Waals surface area contributed by atoms with Crippen LogP contribution >= 0.6 is 0 Å². The maximum Gasteiger partial charge on any atom is 0.260 e. The highest BCUT2D eigenvalue weighted by atomic mass is 32.2. The van der Waals surface area contributed by atoms with E-state index in [-0.39, 0.29) is 10.9 Å². The van der Waals surface area contributed by atoms with Gasteiger partial charge in [0.2, 0.25) is 0 Å². The first-order chi connectivity index (χ1) is 10.9. The number of pyridine rings is 1. The second kappa shape index (κ2) is 8.08. The Bertz CT molecular complexity index is 604. The van der Waals surface area contributed by atoms with Gasteiger partial charge in [0.25, 0.3) is 10.0 Å². The van der Waals surface area contributed by atoms with Gasteiger partial charge in [0, 0.05) is 19.6 Å². The number of aliphatic hydroxyl groups is 1. The molecule has 2 N–H and O–H groups in total. The van der Waals surface area contributed by atoms with Crippen molar-refractivity contribution in [1.82, 2.24) is 9.29 Å². The third kappa shape index (κ3) is 4.65.